The minimum atomic E-state index is -0.572. The van der Waals surface area contributed by atoms with Crippen molar-refractivity contribution in [3.63, 3.8) is 0 Å². The number of rotatable bonds is 2. The van der Waals surface area contributed by atoms with E-state index >= 15 is 0 Å². The summed E-state index contributed by atoms with van der Waals surface area (Å²) in [5.41, 5.74) is 1.38. The zero-order chi connectivity index (χ0) is 18.6. The molecule has 1 heterocycles. The van der Waals surface area contributed by atoms with Crippen LogP contribution in [0.4, 0.5) is 0 Å². The number of aliphatic hydroxyl groups excluding tert-OH is 1. The van der Waals surface area contributed by atoms with Gasteiger partial charge in [0.25, 0.3) is 0 Å². The molecule has 138 valence electrons. The fourth-order valence-electron chi connectivity index (χ4n) is 5.34. The highest BCUT2D eigenvalue weighted by Gasteiger charge is 2.61. The molecule has 1 aliphatic heterocycles. The van der Waals surface area contributed by atoms with Crippen molar-refractivity contribution in [3.8, 4) is 0 Å². The second-order valence-corrected chi connectivity index (χ2v) is 8.45. The number of aliphatic hydroxyl groups is 1. The predicted molar refractivity (Wildman–Crippen MR) is 92.5 cm³/mol. The van der Waals surface area contributed by atoms with Crippen LogP contribution < -0.4 is 0 Å². The van der Waals surface area contributed by atoms with Gasteiger partial charge in [0.1, 0.15) is 12.7 Å². The Morgan fingerprint density at radius 2 is 2.04 bits per heavy atom. The molecule has 4 unspecified atom stereocenters. The molecule has 5 nitrogen and oxygen atoms in total. The molecule has 1 saturated carbocycles. The third-order valence-corrected chi connectivity index (χ3v) is 6.59. The van der Waals surface area contributed by atoms with Crippen LogP contribution in [0.25, 0.3) is 0 Å². The molecule has 0 aromatic heterocycles. The average molecular weight is 348 g/mol. The Hall–Kier alpha value is -1.62. The number of ether oxygens (including phenoxy) is 2. The van der Waals surface area contributed by atoms with Gasteiger partial charge < -0.3 is 14.6 Å². The number of hydrogen-bond acceptors (Lipinski definition) is 5. The minimum absolute atomic E-state index is 0.165. The van der Waals surface area contributed by atoms with Crippen molar-refractivity contribution in [1.82, 2.24) is 0 Å². The number of carbonyl (C=O) groups excluding carboxylic acids is 2. The highest BCUT2D eigenvalue weighted by atomic mass is 16.5. The Bertz CT molecular complexity index is 672. The van der Waals surface area contributed by atoms with Gasteiger partial charge in [-0.3, -0.25) is 0 Å². The highest BCUT2D eigenvalue weighted by molar-refractivity contribution is 5.93. The molecule has 25 heavy (non-hydrogen) atoms. The molecule has 0 spiro atoms. The van der Waals surface area contributed by atoms with E-state index in [1.807, 2.05) is 20.8 Å². The molecule has 1 N–H and O–H groups in total. The smallest absolute Gasteiger partial charge is 0.334 e. The number of fused-ring (bicyclic) bond motifs is 2. The first kappa shape index (κ1) is 18.2. The van der Waals surface area contributed by atoms with Gasteiger partial charge in [-0.15, -0.1) is 0 Å². The lowest BCUT2D eigenvalue weighted by molar-refractivity contribution is -0.175. The number of hydrogen-bond donors (Lipinski definition) is 1. The molecule has 0 saturated heterocycles. The molecular formula is C20H28O5. The minimum Gasteiger partial charge on any atom is -0.458 e. The van der Waals surface area contributed by atoms with E-state index < -0.39 is 16.9 Å². The summed E-state index contributed by atoms with van der Waals surface area (Å²) in [6.45, 7) is 9.97. The molecule has 2 aliphatic carbocycles. The Morgan fingerprint density at radius 1 is 1.36 bits per heavy atom. The monoisotopic (exact) mass is 348 g/mol. The van der Waals surface area contributed by atoms with Crippen LogP contribution >= 0.6 is 0 Å². The van der Waals surface area contributed by atoms with E-state index in [1.165, 1.54) is 0 Å². The van der Waals surface area contributed by atoms with Crippen LogP contribution in [0.1, 0.15) is 53.9 Å². The summed E-state index contributed by atoms with van der Waals surface area (Å²) >= 11 is 0. The van der Waals surface area contributed by atoms with Gasteiger partial charge in [-0.05, 0) is 38.7 Å². The summed E-state index contributed by atoms with van der Waals surface area (Å²) in [6.07, 6.45) is 2.70. The quantitative estimate of drug-likeness (QED) is 0.613. The van der Waals surface area contributed by atoms with E-state index in [0.717, 1.165) is 11.1 Å². The number of carbonyl (C=O) groups is 2. The fraction of sp³-hybridized carbons (Fsp3) is 0.700. The Kier molecular flexibility index (Phi) is 4.34. The zero-order valence-electron chi connectivity index (χ0n) is 15.7. The molecule has 0 bridgehead atoms. The first-order valence-corrected chi connectivity index (χ1v) is 9.04. The van der Waals surface area contributed by atoms with E-state index in [4.69, 9.17) is 9.47 Å². The van der Waals surface area contributed by atoms with E-state index in [2.05, 4.69) is 6.92 Å². The van der Waals surface area contributed by atoms with E-state index in [-0.39, 0.29) is 24.0 Å². The maximum Gasteiger partial charge on any atom is 0.334 e. The Balaban J connectivity index is 1.95. The topological polar surface area (TPSA) is 72.8 Å². The van der Waals surface area contributed by atoms with Gasteiger partial charge in [0.15, 0.2) is 0 Å². The summed E-state index contributed by atoms with van der Waals surface area (Å²) in [6, 6.07) is 0. The van der Waals surface area contributed by atoms with Crippen molar-refractivity contribution in [3.05, 3.63) is 22.8 Å². The standard InChI is InChI=1S/C20H28O5/c1-6-11(2)17(22)25-14-7-8-20(5)15-12(10-24-18(15)23)9-13(21)16(20)19(14,3)4/h6,13-14,16,21H,7-10H2,1-5H3. The summed E-state index contributed by atoms with van der Waals surface area (Å²) in [7, 11) is 0. The molecular weight excluding hydrogens is 320 g/mol. The van der Waals surface area contributed by atoms with Crippen molar-refractivity contribution < 1.29 is 24.2 Å². The van der Waals surface area contributed by atoms with E-state index in [0.29, 0.717) is 31.4 Å². The number of cyclic esters (lactones) is 1. The molecule has 0 aromatic carbocycles. The molecule has 3 rings (SSSR count). The molecule has 3 aliphatic rings. The van der Waals surface area contributed by atoms with Gasteiger partial charge in [-0.25, -0.2) is 9.59 Å². The second-order valence-electron chi connectivity index (χ2n) is 8.45. The molecule has 1 fully saturated rings. The Morgan fingerprint density at radius 3 is 2.68 bits per heavy atom. The van der Waals surface area contributed by atoms with Crippen LogP contribution in [0.2, 0.25) is 0 Å². The van der Waals surface area contributed by atoms with Gasteiger partial charge >= 0.3 is 11.9 Å². The predicted octanol–water partition coefficient (Wildman–Crippen LogP) is 2.92. The first-order valence-electron chi connectivity index (χ1n) is 9.04. The van der Waals surface area contributed by atoms with Crippen molar-refractivity contribution >= 4 is 11.9 Å². The lowest BCUT2D eigenvalue weighted by atomic mass is 9.48. The summed E-state index contributed by atoms with van der Waals surface area (Å²) in [5.74, 6) is -0.720. The molecule has 4 atom stereocenters. The number of esters is 2. The van der Waals surface area contributed by atoms with Gasteiger partial charge in [0.2, 0.25) is 0 Å². The van der Waals surface area contributed by atoms with Crippen LogP contribution in [-0.4, -0.2) is 35.9 Å². The van der Waals surface area contributed by atoms with E-state index in [1.54, 1.807) is 13.0 Å². The summed E-state index contributed by atoms with van der Waals surface area (Å²) in [4.78, 5) is 24.6. The molecule has 0 radical (unpaired) electrons. The molecule has 0 amide bonds. The normalized spacial score (nSPS) is 37.3. The Labute approximate surface area is 149 Å². The third kappa shape index (κ3) is 2.64. The largest absolute Gasteiger partial charge is 0.458 e. The van der Waals surface area contributed by atoms with Crippen molar-refractivity contribution in [2.75, 3.05) is 6.61 Å². The number of allylic oxidation sites excluding steroid dienone is 1. The SMILES string of the molecule is CC=C(C)C(=O)OC1CCC2(C)C3=C(COC3=O)CC(O)C2C1(C)C. The van der Waals surface area contributed by atoms with Crippen molar-refractivity contribution in [2.45, 2.75) is 66.1 Å². The van der Waals surface area contributed by atoms with Gasteiger partial charge in [-0.2, -0.15) is 0 Å². The van der Waals surface area contributed by atoms with Gasteiger partial charge in [0, 0.05) is 27.9 Å². The first-order chi connectivity index (χ1) is 11.6. The lowest BCUT2D eigenvalue weighted by Crippen LogP contribution is -2.58. The van der Waals surface area contributed by atoms with E-state index in [9.17, 15) is 14.7 Å². The van der Waals surface area contributed by atoms with Crippen molar-refractivity contribution in [1.29, 1.82) is 0 Å². The molecule has 5 heteroatoms. The van der Waals surface area contributed by atoms with Crippen LogP contribution in [0.3, 0.4) is 0 Å². The van der Waals surface area contributed by atoms with Crippen LogP contribution in [0.5, 0.6) is 0 Å². The summed E-state index contributed by atoms with van der Waals surface area (Å²) in [5, 5.41) is 10.9. The highest BCUT2D eigenvalue weighted by Crippen LogP contribution is 2.61. The molecule has 0 aromatic rings. The maximum absolute atomic E-state index is 12.3. The summed E-state index contributed by atoms with van der Waals surface area (Å²) < 4.78 is 11.0. The fourth-order valence-corrected chi connectivity index (χ4v) is 5.34. The second kappa shape index (κ2) is 5.97. The zero-order valence-corrected chi connectivity index (χ0v) is 15.7. The van der Waals surface area contributed by atoms with Crippen LogP contribution in [-0.2, 0) is 19.1 Å². The average Bonchev–Trinajstić information content (AvgIpc) is 2.90. The van der Waals surface area contributed by atoms with Gasteiger partial charge in [0.05, 0.1) is 6.10 Å². The van der Waals surface area contributed by atoms with Crippen LogP contribution in [0.15, 0.2) is 22.8 Å². The van der Waals surface area contributed by atoms with Crippen LogP contribution in [0, 0.1) is 16.7 Å². The maximum atomic E-state index is 12.3. The third-order valence-electron chi connectivity index (χ3n) is 6.59. The van der Waals surface area contributed by atoms with Crippen molar-refractivity contribution in [2.24, 2.45) is 16.7 Å². The van der Waals surface area contributed by atoms with Gasteiger partial charge in [-0.1, -0.05) is 26.8 Å². The lowest BCUT2D eigenvalue weighted by Gasteiger charge is -2.57.